The molecule has 1 fully saturated rings. The van der Waals surface area contributed by atoms with Gasteiger partial charge >= 0.3 is 0 Å². The first-order chi connectivity index (χ1) is 12.1. The predicted molar refractivity (Wildman–Crippen MR) is 97.0 cm³/mol. The van der Waals surface area contributed by atoms with Crippen molar-refractivity contribution in [3.63, 3.8) is 0 Å². The van der Waals surface area contributed by atoms with Crippen LogP contribution in [0.1, 0.15) is 35.7 Å². The van der Waals surface area contributed by atoms with Crippen molar-refractivity contribution in [1.82, 2.24) is 10.3 Å². The van der Waals surface area contributed by atoms with Crippen molar-refractivity contribution in [2.45, 2.75) is 24.3 Å². The van der Waals surface area contributed by atoms with Gasteiger partial charge < -0.3 is 15.0 Å². The maximum Gasteiger partial charge on any atom is 0.132 e. The van der Waals surface area contributed by atoms with Crippen LogP contribution >= 0.6 is 11.6 Å². The van der Waals surface area contributed by atoms with Crippen molar-refractivity contribution >= 4 is 22.5 Å². The lowest BCUT2D eigenvalue weighted by Gasteiger charge is -2.32. The minimum absolute atomic E-state index is 0.0614. The van der Waals surface area contributed by atoms with Gasteiger partial charge in [0.2, 0.25) is 0 Å². The van der Waals surface area contributed by atoms with Gasteiger partial charge in [-0.1, -0.05) is 23.7 Å². The van der Waals surface area contributed by atoms with Gasteiger partial charge in [-0.05, 0) is 42.7 Å². The molecule has 2 N–H and O–H groups in total. The van der Waals surface area contributed by atoms with Crippen molar-refractivity contribution in [3.8, 4) is 5.75 Å². The standard InChI is InChI=1S/C20H18ClFN2O/c1-25-15-9-11(21)5-6-12(15)18-19-17(20(7-8-20)10-23-18)16-13(22)3-2-4-14(16)24-19/h2-6,9,18,23-24H,7-8,10H2,1H3/t18-/m0/s1. The molecule has 1 aliphatic carbocycles. The average molecular weight is 357 g/mol. The fraction of sp³-hybridized carbons (Fsp3) is 0.300. The SMILES string of the molecule is COc1cc(Cl)ccc1[C@@H]1NCC2(CC2)c2c1[nH]c1cccc(F)c21. The predicted octanol–water partition coefficient (Wildman–Crippen LogP) is 4.69. The molecule has 5 heteroatoms. The molecular weight excluding hydrogens is 339 g/mol. The van der Waals surface area contributed by atoms with Gasteiger partial charge in [0, 0.05) is 39.1 Å². The maximum absolute atomic E-state index is 14.6. The summed E-state index contributed by atoms with van der Waals surface area (Å²) >= 11 is 6.12. The zero-order chi connectivity index (χ0) is 17.2. The summed E-state index contributed by atoms with van der Waals surface area (Å²) in [4.78, 5) is 3.48. The molecule has 2 aromatic carbocycles. The number of benzene rings is 2. The first-order valence-electron chi connectivity index (χ1n) is 8.50. The highest BCUT2D eigenvalue weighted by Gasteiger charge is 2.51. The molecule has 5 rings (SSSR count). The second-order valence-corrected chi connectivity index (χ2v) is 7.49. The second kappa shape index (κ2) is 5.23. The molecule has 3 nitrogen and oxygen atoms in total. The van der Waals surface area contributed by atoms with Crippen molar-refractivity contribution in [2.75, 3.05) is 13.7 Å². The summed E-state index contributed by atoms with van der Waals surface area (Å²) in [6, 6.07) is 10.9. The number of methoxy groups -OCH3 is 1. The quantitative estimate of drug-likeness (QED) is 0.698. The first kappa shape index (κ1) is 15.2. The number of fused-ring (bicyclic) bond motifs is 4. The van der Waals surface area contributed by atoms with Crippen LogP contribution in [0.15, 0.2) is 36.4 Å². The van der Waals surface area contributed by atoms with E-state index in [-0.39, 0.29) is 17.3 Å². The molecule has 128 valence electrons. The van der Waals surface area contributed by atoms with Gasteiger partial charge in [0.25, 0.3) is 0 Å². The zero-order valence-corrected chi connectivity index (χ0v) is 14.6. The highest BCUT2D eigenvalue weighted by molar-refractivity contribution is 6.30. The number of H-pyrrole nitrogens is 1. The van der Waals surface area contributed by atoms with Crippen LogP contribution in [0.4, 0.5) is 4.39 Å². The van der Waals surface area contributed by atoms with Crippen LogP contribution in [0.25, 0.3) is 10.9 Å². The fourth-order valence-corrected chi connectivity index (χ4v) is 4.41. The lowest BCUT2D eigenvalue weighted by molar-refractivity contribution is 0.397. The van der Waals surface area contributed by atoms with E-state index in [1.165, 1.54) is 0 Å². The van der Waals surface area contributed by atoms with Gasteiger partial charge in [-0.2, -0.15) is 0 Å². The second-order valence-electron chi connectivity index (χ2n) is 7.06. The van der Waals surface area contributed by atoms with E-state index >= 15 is 0 Å². The molecule has 0 bridgehead atoms. The van der Waals surface area contributed by atoms with Gasteiger partial charge in [0.1, 0.15) is 11.6 Å². The van der Waals surface area contributed by atoms with E-state index in [0.717, 1.165) is 52.9 Å². The molecule has 0 unspecified atom stereocenters. The van der Waals surface area contributed by atoms with Crippen molar-refractivity contribution in [3.05, 3.63) is 64.1 Å². The lowest BCUT2D eigenvalue weighted by Crippen LogP contribution is -2.38. The van der Waals surface area contributed by atoms with Crippen LogP contribution in [0.2, 0.25) is 5.02 Å². The van der Waals surface area contributed by atoms with Crippen molar-refractivity contribution in [1.29, 1.82) is 0 Å². The molecule has 0 radical (unpaired) electrons. The molecule has 0 amide bonds. The lowest BCUT2D eigenvalue weighted by atomic mass is 9.84. The van der Waals surface area contributed by atoms with Crippen LogP contribution in [0, 0.1) is 5.82 Å². The number of aromatic nitrogens is 1. The van der Waals surface area contributed by atoms with E-state index in [2.05, 4.69) is 10.3 Å². The summed E-state index contributed by atoms with van der Waals surface area (Å²) < 4.78 is 20.2. The minimum Gasteiger partial charge on any atom is -0.496 e. The number of halogens is 2. The van der Waals surface area contributed by atoms with Gasteiger partial charge in [0.05, 0.1) is 13.2 Å². The summed E-state index contributed by atoms with van der Waals surface area (Å²) in [7, 11) is 1.64. The summed E-state index contributed by atoms with van der Waals surface area (Å²) in [5.41, 5.74) is 4.12. The Morgan fingerprint density at radius 3 is 2.84 bits per heavy atom. The number of hydrogen-bond acceptors (Lipinski definition) is 2. The third-order valence-electron chi connectivity index (χ3n) is 5.63. The number of aromatic amines is 1. The summed E-state index contributed by atoms with van der Waals surface area (Å²) in [6.45, 7) is 0.845. The van der Waals surface area contributed by atoms with Crippen LogP contribution in [0.3, 0.4) is 0 Å². The monoisotopic (exact) mass is 356 g/mol. The molecule has 1 aliphatic heterocycles. The van der Waals surface area contributed by atoms with Crippen LogP contribution in [-0.2, 0) is 5.41 Å². The van der Waals surface area contributed by atoms with E-state index in [4.69, 9.17) is 16.3 Å². The summed E-state index contributed by atoms with van der Waals surface area (Å²) in [5, 5.41) is 5.02. The van der Waals surface area contributed by atoms with E-state index in [1.54, 1.807) is 19.2 Å². The zero-order valence-electron chi connectivity index (χ0n) is 13.8. The van der Waals surface area contributed by atoms with Gasteiger partial charge in [-0.3, -0.25) is 0 Å². The number of rotatable bonds is 2. The highest BCUT2D eigenvalue weighted by Crippen LogP contribution is 2.56. The summed E-state index contributed by atoms with van der Waals surface area (Å²) in [5.74, 6) is 0.590. The molecule has 1 saturated carbocycles. The topological polar surface area (TPSA) is 37.0 Å². The van der Waals surface area contributed by atoms with Crippen molar-refractivity contribution in [2.24, 2.45) is 0 Å². The molecule has 3 aromatic rings. The molecule has 1 aromatic heterocycles. The molecular formula is C20H18ClFN2O. The molecule has 0 saturated heterocycles. The average Bonchev–Trinajstić information content (AvgIpc) is 3.25. The van der Waals surface area contributed by atoms with E-state index in [0.29, 0.717) is 5.02 Å². The Morgan fingerprint density at radius 2 is 2.08 bits per heavy atom. The largest absolute Gasteiger partial charge is 0.496 e. The molecule has 1 atom stereocenters. The third-order valence-corrected chi connectivity index (χ3v) is 5.86. The molecule has 25 heavy (non-hydrogen) atoms. The summed E-state index contributed by atoms with van der Waals surface area (Å²) in [6.07, 6.45) is 2.19. The Morgan fingerprint density at radius 1 is 1.24 bits per heavy atom. The molecule has 1 spiro atoms. The van der Waals surface area contributed by atoms with Crippen LogP contribution in [0.5, 0.6) is 5.75 Å². The van der Waals surface area contributed by atoms with Gasteiger partial charge in [-0.15, -0.1) is 0 Å². The minimum atomic E-state index is -0.148. The third kappa shape index (κ3) is 2.14. The normalized spacial score (nSPS) is 20.7. The first-order valence-corrected chi connectivity index (χ1v) is 8.88. The van der Waals surface area contributed by atoms with E-state index < -0.39 is 0 Å². The Labute approximate surface area is 150 Å². The number of ether oxygens (including phenoxy) is 1. The Balaban J connectivity index is 1.76. The molecule has 2 aliphatic rings. The fourth-order valence-electron chi connectivity index (χ4n) is 4.25. The van der Waals surface area contributed by atoms with Crippen LogP contribution < -0.4 is 10.1 Å². The highest BCUT2D eigenvalue weighted by atomic mass is 35.5. The molecule has 2 heterocycles. The van der Waals surface area contributed by atoms with E-state index in [1.807, 2.05) is 24.3 Å². The van der Waals surface area contributed by atoms with Crippen LogP contribution in [-0.4, -0.2) is 18.6 Å². The maximum atomic E-state index is 14.6. The Hall–Kier alpha value is -2.04. The van der Waals surface area contributed by atoms with Gasteiger partial charge in [0.15, 0.2) is 0 Å². The van der Waals surface area contributed by atoms with Crippen molar-refractivity contribution < 1.29 is 9.13 Å². The van der Waals surface area contributed by atoms with Gasteiger partial charge in [-0.25, -0.2) is 4.39 Å². The Bertz CT molecular complexity index is 993. The Kier molecular flexibility index (Phi) is 3.19. The van der Waals surface area contributed by atoms with E-state index in [9.17, 15) is 4.39 Å². The number of nitrogens with one attached hydrogen (secondary N) is 2. The smallest absolute Gasteiger partial charge is 0.132 e. The number of hydrogen-bond donors (Lipinski definition) is 2.